The maximum atomic E-state index is 11.1. The van der Waals surface area contributed by atoms with Crippen molar-refractivity contribution in [3.63, 3.8) is 0 Å². The van der Waals surface area contributed by atoms with E-state index in [1.165, 1.54) is 0 Å². The van der Waals surface area contributed by atoms with E-state index in [9.17, 15) is 9.59 Å². The van der Waals surface area contributed by atoms with E-state index in [0.29, 0.717) is 0 Å². The number of primary amides is 1. The lowest BCUT2D eigenvalue weighted by Gasteiger charge is -2.15. The quantitative estimate of drug-likeness (QED) is 0.605. The van der Waals surface area contributed by atoms with Crippen molar-refractivity contribution < 1.29 is 9.59 Å². The van der Waals surface area contributed by atoms with Crippen LogP contribution in [0.4, 0.5) is 4.79 Å². The first-order valence-electron chi connectivity index (χ1n) is 3.40. The van der Waals surface area contributed by atoms with E-state index in [2.05, 4.69) is 5.32 Å². The van der Waals surface area contributed by atoms with E-state index in [-0.39, 0.29) is 12.3 Å². The maximum Gasteiger partial charge on any atom is 0.312 e. The Labute approximate surface area is 66.1 Å². The molecule has 4 nitrogen and oxygen atoms in total. The molecule has 0 aliphatic carbocycles. The number of nitrogens with two attached hydrogens (primary N) is 1. The van der Waals surface area contributed by atoms with E-state index in [1.54, 1.807) is 20.8 Å². The molecule has 0 aliphatic heterocycles. The maximum absolute atomic E-state index is 11.1. The van der Waals surface area contributed by atoms with Gasteiger partial charge in [0.2, 0.25) is 0 Å². The minimum Gasteiger partial charge on any atom is -0.352 e. The van der Waals surface area contributed by atoms with Gasteiger partial charge in [-0.05, 0) is 0 Å². The summed E-state index contributed by atoms with van der Waals surface area (Å²) in [5, 5.41) is 2.24. The second-order valence-electron chi connectivity index (χ2n) is 3.39. The number of hydrogen-bond acceptors (Lipinski definition) is 2. The number of nitrogens with one attached hydrogen (secondary N) is 1. The van der Waals surface area contributed by atoms with Crippen molar-refractivity contribution in [3.05, 3.63) is 0 Å². The minimum absolute atomic E-state index is 0.0127. The number of hydrogen-bond donors (Lipinski definition) is 2. The third kappa shape index (κ3) is 4.36. The van der Waals surface area contributed by atoms with Gasteiger partial charge in [-0.3, -0.25) is 4.79 Å². The summed E-state index contributed by atoms with van der Waals surface area (Å²) >= 11 is 0. The molecule has 0 rings (SSSR count). The Morgan fingerprint density at radius 2 is 1.82 bits per heavy atom. The van der Waals surface area contributed by atoms with Crippen molar-refractivity contribution in [1.82, 2.24) is 5.32 Å². The van der Waals surface area contributed by atoms with Crippen molar-refractivity contribution in [2.24, 2.45) is 11.1 Å². The van der Waals surface area contributed by atoms with Crippen LogP contribution in [0.1, 0.15) is 20.8 Å². The molecule has 64 valence electrons. The van der Waals surface area contributed by atoms with Gasteiger partial charge in [0, 0.05) is 5.41 Å². The molecule has 4 heteroatoms. The van der Waals surface area contributed by atoms with Crippen LogP contribution in [0, 0.1) is 5.41 Å². The molecule has 0 radical (unpaired) electrons. The first-order chi connectivity index (χ1) is 4.84. The number of carbonyl (C=O) groups excluding carboxylic acids is 2. The Morgan fingerprint density at radius 3 is 2.09 bits per heavy atom. The summed E-state index contributed by atoms with van der Waals surface area (Å²) in [6.07, 6.45) is 0. The van der Waals surface area contributed by atoms with Gasteiger partial charge in [-0.1, -0.05) is 20.8 Å². The van der Waals surface area contributed by atoms with Crippen molar-refractivity contribution in [2.45, 2.75) is 20.8 Å². The fourth-order valence-electron chi connectivity index (χ4n) is 0.433. The summed E-state index contributed by atoms with van der Waals surface area (Å²) < 4.78 is 0. The highest BCUT2D eigenvalue weighted by Crippen LogP contribution is 2.13. The van der Waals surface area contributed by atoms with Crippen LogP contribution in [0.3, 0.4) is 0 Å². The monoisotopic (exact) mass is 158 g/mol. The second kappa shape index (κ2) is 3.37. The summed E-state index contributed by atoms with van der Waals surface area (Å²) in [6.45, 7) is 5.38. The van der Waals surface area contributed by atoms with Crippen LogP contribution in [0.2, 0.25) is 0 Å². The van der Waals surface area contributed by atoms with Crippen LogP contribution in [0.15, 0.2) is 0 Å². The van der Waals surface area contributed by atoms with Gasteiger partial charge >= 0.3 is 6.03 Å². The first-order valence-corrected chi connectivity index (χ1v) is 3.40. The molecule has 0 unspecified atom stereocenters. The molecule has 0 aromatic carbocycles. The molecule has 0 atom stereocenters. The molecule has 0 aromatic rings. The SMILES string of the molecule is CC(C)(C)C(=O)CNC(N)=O. The average Bonchev–Trinajstić information content (AvgIpc) is 1.80. The van der Waals surface area contributed by atoms with Crippen molar-refractivity contribution in [2.75, 3.05) is 6.54 Å². The summed E-state index contributed by atoms with van der Waals surface area (Å²) in [7, 11) is 0. The molecule has 3 N–H and O–H groups in total. The van der Waals surface area contributed by atoms with Gasteiger partial charge in [-0.2, -0.15) is 0 Å². The number of rotatable bonds is 2. The van der Waals surface area contributed by atoms with Crippen LogP contribution in [0.5, 0.6) is 0 Å². The summed E-state index contributed by atoms with van der Waals surface area (Å²) in [5.41, 5.74) is 4.37. The lowest BCUT2D eigenvalue weighted by Crippen LogP contribution is -2.38. The lowest BCUT2D eigenvalue weighted by atomic mass is 9.91. The Morgan fingerprint density at radius 1 is 1.36 bits per heavy atom. The topological polar surface area (TPSA) is 72.2 Å². The van der Waals surface area contributed by atoms with Crippen LogP contribution < -0.4 is 11.1 Å². The zero-order chi connectivity index (χ0) is 9.07. The molecular formula is C7H14N2O2. The van der Waals surface area contributed by atoms with Crippen LogP contribution in [0.25, 0.3) is 0 Å². The Bertz CT molecular complexity index is 170. The minimum atomic E-state index is -0.664. The molecule has 0 heterocycles. The normalized spacial score (nSPS) is 10.8. The van der Waals surface area contributed by atoms with Gasteiger partial charge in [-0.25, -0.2) is 4.79 Å². The fourth-order valence-corrected chi connectivity index (χ4v) is 0.433. The molecule has 11 heavy (non-hydrogen) atoms. The highest BCUT2D eigenvalue weighted by molar-refractivity contribution is 5.88. The highest BCUT2D eigenvalue weighted by Gasteiger charge is 2.20. The van der Waals surface area contributed by atoms with Gasteiger partial charge < -0.3 is 11.1 Å². The largest absolute Gasteiger partial charge is 0.352 e. The Balaban J connectivity index is 3.80. The standard InChI is InChI=1S/C7H14N2O2/c1-7(2,3)5(10)4-9-6(8)11/h4H2,1-3H3,(H3,8,9,11). The molecule has 0 bridgehead atoms. The predicted octanol–water partition coefficient (Wildman–Crippen LogP) is 0.270. The van der Waals surface area contributed by atoms with Crippen molar-refractivity contribution >= 4 is 11.8 Å². The Kier molecular flexibility index (Phi) is 3.04. The smallest absolute Gasteiger partial charge is 0.312 e. The summed E-state index contributed by atoms with van der Waals surface area (Å²) in [4.78, 5) is 21.3. The first kappa shape index (κ1) is 9.94. The zero-order valence-electron chi connectivity index (χ0n) is 7.10. The van der Waals surface area contributed by atoms with Gasteiger partial charge in [0.15, 0.2) is 5.78 Å². The molecule has 0 aromatic heterocycles. The number of Topliss-reactive ketones (excluding diaryl/α,β-unsaturated/α-hetero) is 1. The Hall–Kier alpha value is -1.06. The van der Waals surface area contributed by atoms with Crippen LogP contribution >= 0.6 is 0 Å². The van der Waals surface area contributed by atoms with E-state index in [0.717, 1.165) is 0 Å². The van der Waals surface area contributed by atoms with E-state index < -0.39 is 11.4 Å². The average molecular weight is 158 g/mol. The third-order valence-electron chi connectivity index (χ3n) is 1.26. The van der Waals surface area contributed by atoms with Crippen LogP contribution in [-0.2, 0) is 4.79 Å². The number of amides is 2. The second-order valence-corrected chi connectivity index (χ2v) is 3.39. The van der Waals surface area contributed by atoms with Gasteiger partial charge in [0.05, 0.1) is 6.54 Å². The fraction of sp³-hybridized carbons (Fsp3) is 0.714. The van der Waals surface area contributed by atoms with Gasteiger partial charge in [-0.15, -0.1) is 0 Å². The number of carbonyl (C=O) groups is 2. The van der Waals surface area contributed by atoms with Crippen molar-refractivity contribution in [1.29, 1.82) is 0 Å². The molecule has 0 aliphatic rings. The zero-order valence-corrected chi connectivity index (χ0v) is 7.10. The van der Waals surface area contributed by atoms with Crippen molar-refractivity contribution in [3.8, 4) is 0 Å². The highest BCUT2D eigenvalue weighted by atomic mass is 16.2. The molecule has 2 amide bonds. The molecular weight excluding hydrogens is 144 g/mol. The molecule has 0 saturated heterocycles. The third-order valence-corrected chi connectivity index (χ3v) is 1.26. The van der Waals surface area contributed by atoms with E-state index in [1.807, 2.05) is 0 Å². The number of ketones is 1. The molecule has 0 saturated carbocycles. The van der Waals surface area contributed by atoms with Gasteiger partial charge in [0.25, 0.3) is 0 Å². The molecule has 0 spiro atoms. The summed E-state index contributed by atoms with van der Waals surface area (Å²) in [6, 6.07) is -0.664. The van der Waals surface area contributed by atoms with Gasteiger partial charge in [0.1, 0.15) is 0 Å². The van der Waals surface area contributed by atoms with E-state index in [4.69, 9.17) is 5.73 Å². The van der Waals surface area contributed by atoms with Crippen LogP contribution in [-0.4, -0.2) is 18.4 Å². The lowest BCUT2D eigenvalue weighted by molar-refractivity contribution is -0.125. The number of urea groups is 1. The summed E-state index contributed by atoms with van der Waals surface area (Å²) in [5.74, 6) is -0.0312. The molecule has 0 fully saturated rings. The van der Waals surface area contributed by atoms with E-state index >= 15 is 0 Å². The predicted molar refractivity (Wildman–Crippen MR) is 42.0 cm³/mol.